The van der Waals surface area contributed by atoms with E-state index in [2.05, 4.69) is 28.6 Å². The third-order valence-corrected chi connectivity index (χ3v) is 5.02. The average molecular weight is 448 g/mol. The SMILES string of the molecule is CCC(C)C(NC(=O)C(CC(N)=O)NC(=O)C(CS)NC(=O)C(N)C(C)C)C(=O)O. The Kier molecular flexibility index (Phi) is 12.0. The number of nitrogens with two attached hydrogens (primary N) is 2. The van der Waals surface area contributed by atoms with Gasteiger partial charge in [0.2, 0.25) is 23.6 Å². The summed E-state index contributed by atoms with van der Waals surface area (Å²) in [6.07, 6.45) is -0.0723. The van der Waals surface area contributed by atoms with Crippen LogP contribution in [0.25, 0.3) is 0 Å². The number of rotatable bonds is 13. The molecule has 5 unspecified atom stereocenters. The maximum absolute atomic E-state index is 12.6. The number of carboxylic acids is 1. The summed E-state index contributed by atoms with van der Waals surface area (Å²) in [6.45, 7) is 6.88. The van der Waals surface area contributed by atoms with Crippen molar-refractivity contribution < 1.29 is 29.1 Å². The molecule has 4 amide bonds. The molecule has 0 bridgehead atoms. The molecule has 0 saturated carbocycles. The van der Waals surface area contributed by atoms with Crippen LogP contribution in [0.4, 0.5) is 0 Å². The van der Waals surface area contributed by atoms with E-state index >= 15 is 0 Å². The fourth-order valence-corrected chi connectivity index (χ4v) is 2.64. The van der Waals surface area contributed by atoms with Crippen molar-refractivity contribution in [2.75, 3.05) is 5.75 Å². The molecule has 8 N–H and O–H groups in total. The highest BCUT2D eigenvalue weighted by atomic mass is 32.1. The smallest absolute Gasteiger partial charge is 0.326 e. The summed E-state index contributed by atoms with van der Waals surface area (Å²) >= 11 is 4.03. The third kappa shape index (κ3) is 8.99. The van der Waals surface area contributed by atoms with Crippen molar-refractivity contribution in [2.45, 2.75) is 64.7 Å². The van der Waals surface area contributed by atoms with E-state index in [1.54, 1.807) is 27.7 Å². The molecular formula is C18H33N5O6S. The molecule has 0 rings (SSSR count). The van der Waals surface area contributed by atoms with Crippen molar-refractivity contribution in [3.63, 3.8) is 0 Å². The van der Waals surface area contributed by atoms with Gasteiger partial charge in [0.15, 0.2) is 0 Å². The molecule has 30 heavy (non-hydrogen) atoms. The standard InChI is InChI=1S/C18H33N5O6S/c1-5-9(4)14(18(28)29)23-15(25)10(6-12(19)24)21-16(26)11(7-30)22-17(27)13(20)8(2)3/h8-11,13-14,30H,5-7,20H2,1-4H3,(H2,19,24)(H,21,26)(H,22,27)(H,23,25)(H,28,29). The van der Waals surface area contributed by atoms with Crippen molar-refractivity contribution in [1.82, 2.24) is 16.0 Å². The molecule has 5 atom stereocenters. The number of carbonyl (C=O) groups excluding carboxylic acids is 4. The summed E-state index contributed by atoms with van der Waals surface area (Å²) in [5, 5.41) is 16.4. The minimum absolute atomic E-state index is 0.0993. The fourth-order valence-electron chi connectivity index (χ4n) is 2.38. The Balaban J connectivity index is 5.36. The molecule has 0 saturated heterocycles. The first kappa shape index (κ1) is 27.7. The first-order chi connectivity index (χ1) is 13.8. The normalized spacial score (nSPS) is 16.0. The van der Waals surface area contributed by atoms with Gasteiger partial charge in [-0.1, -0.05) is 34.1 Å². The Morgan fingerprint density at radius 3 is 1.83 bits per heavy atom. The zero-order valence-electron chi connectivity index (χ0n) is 17.7. The van der Waals surface area contributed by atoms with Gasteiger partial charge >= 0.3 is 5.97 Å². The maximum Gasteiger partial charge on any atom is 0.326 e. The summed E-state index contributed by atoms with van der Waals surface area (Å²) in [4.78, 5) is 60.0. The molecule has 172 valence electrons. The van der Waals surface area contributed by atoms with Crippen LogP contribution in [0.15, 0.2) is 0 Å². The number of carboxylic acid groups (broad SMARTS) is 1. The molecule has 0 aliphatic heterocycles. The molecule has 0 aliphatic rings. The van der Waals surface area contributed by atoms with Crippen LogP contribution in [-0.4, -0.2) is 64.6 Å². The number of hydrogen-bond donors (Lipinski definition) is 7. The summed E-state index contributed by atoms with van der Waals surface area (Å²) in [6, 6.07) is -4.60. The third-order valence-electron chi connectivity index (χ3n) is 4.65. The lowest BCUT2D eigenvalue weighted by atomic mass is 9.98. The number of aliphatic carboxylic acids is 1. The molecular weight excluding hydrogens is 414 g/mol. The number of hydrogen-bond acceptors (Lipinski definition) is 7. The van der Waals surface area contributed by atoms with Crippen molar-refractivity contribution in [3.05, 3.63) is 0 Å². The Morgan fingerprint density at radius 1 is 0.933 bits per heavy atom. The van der Waals surface area contributed by atoms with Crippen LogP contribution in [0, 0.1) is 11.8 Å². The van der Waals surface area contributed by atoms with E-state index < -0.39 is 66.1 Å². The lowest BCUT2D eigenvalue weighted by molar-refractivity contribution is -0.144. The van der Waals surface area contributed by atoms with Crippen LogP contribution in [-0.2, 0) is 24.0 Å². The van der Waals surface area contributed by atoms with Gasteiger partial charge in [-0.2, -0.15) is 12.6 Å². The van der Waals surface area contributed by atoms with E-state index in [9.17, 15) is 29.1 Å². The molecule has 0 aromatic heterocycles. The van der Waals surface area contributed by atoms with Crippen LogP contribution >= 0.6 is 12.6 Å². The van der Waals surface area contributed by atoms with Gasteiger partial charge in [-0.15, -0.1) is 0 Å². The Morgan fingerprint density at radius 2 is 1.43 bits per heavy atom. The van der Waals surface area contributed by atoms with Crippen LogP contribution in [0.2, 0.25) is 0 Å². The first-order valence-corrected chi connectivity index (χ1v) is 10.3. The van der Waals surface area contributed by atoms with Crippen LogP contribution in [0.3, 0.4) is 0 Å². The lowest BCUT2D eigenvalue weighted by Crippen LogP contribution is -2.59. The van der Waals surface area contributed by atoms with Gasteiger partial charge in [0.1, 0.15) is 18.1 Å². The summed E-state index contributed by atoms with van der Waals surface area (Å²) in [5.41, 5.74) is 10.9. The van der Waals surface area contributed by atoms with E-state index in [0.717, 1.165) is 0 Å². The summed E-state index contributed by atoms with van der Waals surface area (Å²) in [7, 11) is 0. The van der Waals surface area contributed by atoms with E-state index in [0.29, 0.717) is 6.42 Å². The summed E-state index contributed by atoms with van der Waals surface area (Å²) < 4.78 is 0. The van der Waals surface area contributed by atoms with Crippen molar-refractivity contribution in [1.29, 1.82) is 0 Å². The molecule has 0 fully saturated rings. The van der Waals surface area contributed by atoms with E-state index in [1.807, 2.05) is 0 Å². The Hall–Kier alpha value is -2.34. The quantitative estimate of drug-likeness (QED) is 0.164. The highest BCUT2D eigenvalue weighted by Crippen LogP contribution is 2.09. The molecule has 0 aromatic carbocycles. The highest BCUT2D eigenvalue weighted by Gasteiger charge is 2.32. The number of primary amides is 1. The Labute approximate surface area is 181 Å². The van der Waals surface area contributed by atoms with E-state index in [-0.39, 0.29) is 11.7 Å². The Bertz CT molecular complexity index is 645. The zero-order valence-corrected chi connectivity index (χ0v) is 18.6. The predicted octanol–water partition coefficient (Wildman–Crippen LogP) is -1.64. The molecule has 0 aliphatic carbocycles. The minimum atomic E-state index is -1.42. The van der Waals surface area contributed by atoms with Gasteiger partial charge < -0.3 is 32.5 Å². The lowest BCUT2D eigenvalue weighted by Gasteiger charge is -2.26. The molecule has 12 heteroatoms. The number of nitrogens with one attached hydrogen (secondary N) is 3. The largest absolute Gasteiger partial charge is 0.480 e. The second kappa shape index (κ2) is 13.1. The molecule has 11 nitrogen and oxygen atoms in total. The maximum atomic E-state index is 12.6. The average Bonchev–Trinajstić information content (AvgIpc) is 2.66. The first-order valence-electron chi connectivity index (χ1n) is 9.64. The van der Waals surface area contributed by atoms with Gasteiger partial charge in [0.05, 0.1) is 12.5 Å². The van der Waals surface area contributed by atoms with Gasteiger partial charge in [0.25, 0.3) is 0 Å². The molecule has 0 radical (unpaired) electrons. The van der Waals surface area contributed by atoms with Crippen LogP contribution in [0.5, 0.6) is 0 Å². The van der Waals surface area contributed by atoms with Crippen molar-refractivity contribution in [3.8, 4) is 0 Å². The molecule has 0 heterocycles. The van der Waals surface area contributed by atoms with Gasteiger partial charge in [-0.3, -0.25) is 19.2 Å². The number of carbonyl (C=O) groups is 5. The zero-order chi connectivity index (χ0) is 23.6. The minimum Gasteiger partial charge on any atom is -0.480 e. The molecule has 0 spiro atoms. The number of thiol groups is 1. The van der Waals surface area contributed by atoms with Crippen molar-refractivity contribution >= 4 is 42.2 Å². The van der Waals surface area contributed by atoms with Crippen molar-refractivity contribution in [2.24, 2.45) is 23.3 Å². The highest BCUT2D eigenvalue weighted by molar-refractivity contribution is 7.80. The van der Waals surface area contributed by atoms with Crippen LogP contribution in [0.1, 0.15) is 40.5 Å². The van der Waals surface area contributed by atoms with E-state index in [4.69, 9.17) is 11.5 Å². The van der Waals surface area contributed by atoms with E-state index in [1.165, 1.54) is 0 Å². The predicted molar refractivity (Wildman–Crippen MR) is 113 cm³/mol. The van der Waals surface area contributed by atoms with Gasteiger partial charge in [0, 0.05) is 5.75 Å². The second-order valence-electron chi connectivity index (χ2n) is 7.46. The second-order valence-corrected chi connectivity index (χ2v) is 7.82. The van der Waals surface area contributed by atoms with Gasteiger partial charge in [-0.25, -0.2) is 4.79 Å². The number of amides is 4. The van der Waals surface area contributed by atoms with Gasteiger partial charge in [-0.05, 0) is 11.8 Å². The topological polar surface area (TPSA) is 194 Å². The molecule has 0 aromatic rings. The summed E-state index contributed by atoms with van der Waals surface area (Å²) in [5.74, 6) is -5.02. The van der Waals surface area contributed by atoms with Crippen LogP contribution < -0.4 is 27.4 Å². The monoisotopic (exact) mass is 447 g/mol. The fraction of sp³-hybridized carbons (Fsp3) is 0.722.